The molecule has 1 atom stereocenters. The standard InChI is InChI=1S/C14H19FN2O2/c15-11-1-2-13(17-4-7-18-8-5-17)12(9-11)14-10-16-3-6-19-14/h1-2,9,14,16H,3-8,10H2. The Balaban J connectivity index is 1.88. The van der Waals surface area contributed by atoms with Crippen LogP contribution in [0.15, 0.2) is 18.2 Å². The highest BCUT2D eigenvalue weighted by Crippen LogP contribution is 2.30. The van der Waals surface area contributed by atoms with Gasteiger partial charge < -0.3 is 19.7 Å². The number of halogens is 1. The molecule has 19 heavy (non-hydrogen) atoms. The summed E-state index contributed by atoms with van der Waals surface area (Å²) in [4.78, 5) is 2.25. The fourth-order valence-corrected chi connectivity index (χ4v) is 2.64. The van der Waals surface area contributed by atoms with E-state index in [1.165, 1.54) is 6.07 Å². The van der Waals surface area contributed by atoms with Crippen LogP contribution in [-0.4, -0.2) is 46.0 Å². The lowest BCUT2D eigenvalue weighted by molar-refractivity contribution is 0.0276. The summed E-state index contributed by atoms with van der Waals surface area (Å²) in [6.07, 6.45) is -0.0673. The van der Waals surface area contributed by atoms with E-state index in [1.807, 2.05) is 6.07 Å². The fourth-order valence-electron chi connectivity index (χ4n) is 2.64. The number of benzene rings is 1. The van der Waals surface area contributed by atoms with Gasteiger partial charge in [-0.1, -0.05) is 0 Å². The number of rotatable bonds is 2. The van der Waals surface area contributed by atoms with Gasteiger partial charge in [-0.05, 0) is 18.2 Å². The van der Waals surface area contributed by atoms with Gasteiger partial charge in [0.1, 0.15) is 5.82 Å². The van der Waals surface area contributed by atoms with E-state index in [1.54, 1.807) is 6.07 Å². The molecule has 0 spiro atoms. The predicted molar refractivity (Wildman–Crippen MR) is 71.0 cm³/mol. The highest BCUT2D eigenvalue weighted by Gasteiger charge is 2.23. The second-order valence-electron chi connectivity index (χ2n) is 4.87. The van der Waals surface area contributed by atoms with Gasteiger partial charge in [-0.25, -0.2) is 4.39 Å². The largest absolute Gasteiger partial charge is 0.378 e. The van der Waals surface area contributed by atoms with Crippen LogP contribution in [-0.2, 0) is 9.47 Å². The number of hydrogen-bond acceptors (Lipinski definition) is 4. The molecule has 2 heterocycles. The van der Waals surface area contributed by atoms with Crippen molar-refractivity contribution in [2.24, 2.45) is 0 Å². The Labute approximate surface area is 112 Å². The van der Waals surface area contributed by atoms with E-state index in [-0.39, 0.29) is 11.9 Å². The summed E-state index contributed by atoms with van der Waals surface area (Å²) in [7, 11) is 0. The zero-order valence-corrected chi connectivity index (χ0v) is 10.9. The third-order valence-electron chi connectivity index (χ3n) is 3.62. The maximum atomic E-state index is 13.6. The summed E-state index contributed by atoms with van der Waals surface area (Å²) < 4.78 is 24.7. The van der Waals surface area contributed by atoms with Crippen molar-refractivity contribution in [2.45, 2.75) is 6.10 Å². The van der Waals surface area contributed by atoms with E-state index in [0.29, 0.717) is 6.61 Å². The molecule has 0 saturated carbocycles. The molecule has 0 aromatic heterocycles. The molecule has 2 saturated heterocycles. The van der Waals surface area contributed by atoms with Gasteiger partial charge in [-0.3, -0.25) is 0 Å². The Hall–Kier alpha value is -1.17. The Morgan fingerprint density at radius 3 is 2.79 bits per heavy atom. The first-order valence-corrected chi connectivity index (χ1v) is 6.79. The zero-order valence-electron chi connectivity index (χ0n) is 10.9. The van der Waals surface area contributed by atoms with Crippen LogP contribution in [0.3, 0.4) is 0 Å². The molecular formula is C14H19FN2O2. The van der Waals surface area contributed by atoms with Gasteiger partial charge in [0, 0.05) is 37.4 Å². The first-order chi connectivity index (χ1) is 9.34. The molecule has 0 amide bonds. The molecule has 5 heteroatoms. The Kier molecular flexibility index (Phi) is 3.96. The summed E-state index contributed by atoms with van der Waals surface area (Å²) >= 11 is 0. The molecule has 2 aliphatic rings. The number of ether oxygens (including phenoxy) is 2. The molecule has 2 aliphatic heterocycles. The minimum absolute atomic E-state index is 0.0673. The van der Waals surface area contributed by atoms with Crippen molar-refractivity contribution in [1.29, 1.82) is 0 Å². The maximum absolute atomic E-state index is 13.6. The van der Waals surface area contributed by atoms with Crippen molar-refractivity contribution in [3.8, 4) is 0 Å². The number of morpholine rings is 2. The smallest absolute Gasteiger partial charge is 0.123 e. The highest BCUT2D eigenvalue weighted by molar-refractivity contribution is 5.55. The van der Waals surface area contributed by atoms with Crippen LogP contribution in [0, 0.1) is 5.82 Å². The number of nitrogens with one attached hydrogen (secondary N) is 1. The normalized spacial score (nSPS) is 24.5. The van der Waals surface area contributed by atoms with Crippen molar-refractivity contribution in [2.75, 3.05) is 50.9 Å². The van der Waals surface area contributed by atoms with Crippen LogP contribution in [0.2, 0.25) is 0 Å². The fraction of sp³-hybridized carbons (Fsp3) is 0.571. The molecule has 0 radical (unpaired) electrons. The highest BCUT2D eigenvalue weighted by atomic mass is 19.1. The van der Waals surface area contributed by atoms with Crippen LogP contribution in [0.5, 0.6) is 0 Å². The first-order valence-electron chi connectivity index (χ1n) is 6.79. The quantitative estimate of drug-likeness (QED) is 0.875. The monoisotopic (exact) mass is 266 g/mol. The predicted octanol–water partition coefficient (Wildman–Crippen LogP) is 1.32. The van der Waals surface area contributed by atoms with Gasteiger partial charge in [-0.15, -0.1) is 0 Å². The third-order valence-corrected chi connectivity index (χ3v) is 3.62. The van der Waals surface area contributed by atoms with Gasteiger partial charge in [0.15, 0.2) is 0 Å². The topological polar surface area (TPSA) is 33.7 Å². The second kappa shape index (κ2) is 5.86. The molecule has 104 valence electrons. The van der Waals surface area contributed by atoms with Crippen molar-refractivity contribution in [1.82, 2.24) is 5.32 Å². The van der Waals surface area contributed by atoms with E-state index < -0.39 is 0 Å². The summed E-state index contributed by atoms with van der Waals surface area (Å²) in [5, 5.41) is 3.29. The van der Waals surface area contributed by atoms with Gasteiger partial charge >= 0.3 is 0 Å². The molecule has 4 nitrogen and oxygen atoms in total. The van der Waals surface area contributed by atoms with Gasteiger partial charge in [-0.2, -0.15) is 0 Å². The van der Waals surface area contributed by atoms with Gasteiger partial charge in [0.05, 0.1) is 25.9 Å². The van der Waals surface area contributed by atoms with Crippen LogP contribution < -0.4 is 10.2 Å². The summed E-state index contributed by atoms with van der Waals surface area (Å²) in [5.41, 5.74) is 2.01. The average molecular weight is 266 g/mol. The van der Waals surface area contributed by atoms with Crippen LogP contribution >= 0.6 is 0 Å². The minimum atomic E-state index is -0.207. The number of nitrogens with zero attached hydrogens (tertiary/aromatic N) is 1. The van der Waals surface area contributed by atoms with Crippen LogP contribution in [0.1, 0.15) is 11.7 Å². The Morgan fingerprint density at radius 1 is 1.21 bits per heavy atom. The molecule has 2 fully saturated rings. The van der Waals surface area contributed by atoms with E-state index in [0.717, 1.165) is 50.6 Å². The molecular weight excluding hydrogens is 247 g/mol. The number of anilines is 1. The zero-order chi connectivity index (χ0) is 13.1. The molecule has 1 N–H and O–H groups in total. The number of hydrogen-bond donors (Lipinski definition) is 1. The third kappa shape index (κ3) is 2.88. The molecule has 0 aliphatic carbocycles. The second-order valence-corrected chi connectivity index (χ2v) is 4.87. The SMILES string of the molecule is Fc1ccc(N2CCOCC2)c(C2CNCCO2)c1. The summed E-state index contributed by atoms with van der Waals surface area (Å²) in [6.45, 7) is 5.40. The lowest BCUT2D eigenvalue weighted by Gasteiger charge is -2.33. The molecule has 1 aromatic rings. The van der Waals surface area contributed by atoms with Gasteiger partial charge in [0.25, 0.3) is 0 Å². The lowest BCUT2D eigenvalue weighted by atomic mass is 10.0. The van der Waals surface area contributed by atoms with Crippen molar-refractivity contribution in [3.05, 3.63) is 29.6 Å². The van der Waals surface area contributed by atoms with Crippen LogP contribution in [0.4, 0.5) is 10.1 Å². The van der Waals surface area contributed by atoms with Crippen molar-refractivity contribution in [3.63, 3.8) is 0 Å². The molecule has 1 unspecified atom stereocenters. The van der Waals surface area contributed by atoms with E-state index >= 15 is 0 Å². The van der Waals surface area contributed by atoms with Crippen molar-refractivity contribution < 1.29 is 13.9 Å². The molecule has 1 aromatic carbocycles. The van der Waals surface area contributed by atoms with E-state index in [4.69, 9.17) is 9.47 Å². The molecule has 0 bridgehead atoms. The van der Waals surface area contributed by atoms with E-state index in [9.17, 15) is 4.39 Å². The summed E-state index contributed by atoms with van der Waals surface area (Å²) in [6, 6.07) is 4.97. The maximum Gasteiger partial charge on any atom is 0.123 e. The Morgan fingerprint density at radius 2 is 2.05 bits per heavy atom. The van der Waals surface area contributed by atoms with E-state index in [2.05, 4.69) is 10.2 Å². The first kappa shape index (κ1) is 12.8. The van der Waals surface area contributed by atoms with Crippen molar-refractivity contribution >= 4 is 5.69 Å². The average Bonchev–Trinajstić information content (AvgIpc) is 2.49. The summed E-state index contributed by atoms with van der Waals surface area (Å²) in [5.74, 6) is -0.207. The van der Waals surface area contributed by atoms with Crippen LogP contribution in [0.25, 0.3) is 0 Å². The minimum Gasteiger partial charge on any atom is -0.378 e. The molecule has 3 rings (SSSR count). The van der Waals surface area contributed by atoms with Gasteiger partial charge in [0.2, 0.25) is 0 Å². The lowest BCUT2D eigenvalue weighted by Crippen LogP contribution is -2.38. The Bertz CT molecular complexity index is 429.